The second-order valence-corrected chi connectivity index (χ2v) is 7.29. The number of hydrogen-bond acceptors (Lipinski definition) is 5. The predicted octanol–water partition coefficient (Wildman–Crippen LogP) is 3.45. The van der Waals surface area contributed by atoms with Crippen LogP contribution in [0.5, 0.6) is 0 Å². The number of alkyl carbamates (subject to hydrolysis) is 1. The molecule has 0 heterocycles. The number of esters is 1. The molecule has 1 rings (SSSR count). The van der Waals surface area contributed by atoms with E-state index in [9.17, 15) is 9.59 Å². The molecule has 0 saturated heterocycles. The van der Waals surface area contributed by atoms with Crippen molar-refractivity contribution < 1.29 is 19.1 Å². The van der Waals surface area contributed by atoms with Gasteiger partial charge in [-0.1, -0.05) is 19.4 Å². The maximum atomic E-state index is 12.0. The van der Waals surface area contributed by atoms with Gasteiger partial charge < -0.3 is 25.4 Å². The van der Waals surface area contributed by atoms with Crippen LogP contribution < -0.4 is 16.0 Å². The Morgan fingerprint density at radius 2 is 1.85 bits per heavy atom. The van der Waals surface area contributed by atoms with Crippen molar-refractivity contribution in [3.8, 4) is 0 Å². The van der Waals surface area contributed by atoms with Gasteiger partial charge in [-0.2, -0.15) is 0 Å². The zero-order chi connectivity index (χ0) is 20.3. The average molecular weight is 396 g/mol. The third-order valence-corrected chi connectivity index (χ3v) is 3.41. The molecule has 3 N–H and O–H groups in total. The van der Waals surface area contributed by atoms with Crippen molar-refractivity contribution in [1.82, 2.24) is 10.6 Å². The van der Waals surface area contributed by atoms with Crippen LogP contribution in [-0.4, -0.2) is 42.5 Å². The van der Waals surface area contributed by atoms with Crippen LogP contribution >= 0.6 is 12.2 Å². The normalized spacial score (nSPS) is 10.7. The molecule has 0 radical (unpaired) electrons. The zero-order valence-electron chi connectivity index (χ0n) is 16.4. The lowest BCUT2D eigenvalue weighted by Crippen LogP contribution is -2.39. The van der Waals surface area contributed by atoms with Crippen molar-refractivity contribution in [3.63, 3.8) is 0 Å². The van der Waals surface area contributed by atoms with Gasteiger partial charge in [0, 0.05) is 18.8 Å². The molecule has 0 spiro atoms. The van der Waals surface area contributed by atoms with Crippen LogP contribution in [0.2, 0.25) is 0 Å². The Labute approximate surface area is 166 Å². The number of nitrogens with one attached hydrogen (secondary N) is 3. The standard InChI is InChI=1S/C19H29N3O4S/c1-5-6-12-25-16(23)14-8-7-9-15(13-14)22-17(27)20-10-11-21-18(24)26-19(2,3)4/h7-9,13H,5-6,10-12H2,1-4H3,(H,21,24)(H2,20,22,27). The minimum Gasteiger partial charge on any atom is -0.462 e. The fourth-order valence-corrected chi connectivity index (χ4v) is 2.17. The Hall–Kier alpha value is -2.35. The number of rotatable bonds is 8. The molecule has 27 heavy (non-hydrogen) atoms. The highest BCUT2D eigenvalue weighted by Crippen LogP contribution is 2.12. The molecule has 0 aliphatic carbocycles. The Morgan fingerprint density at radius 3 is 2.52 bits per heavy atom. The number of unbranched alkanes of at least 4 members (excludes halogenated alkanes) is 1. The largest absolute Gasteiger partial charge is 0.462 e. The third kappa shape index (κ3) is 10.4. The topological polar surface area (TPSA) is 88.7 Å². The van der Waals surface area contributed by atoms with Gasteiger partial charge in [-0.15, -0.1) is 0 Å². The number of carbonyl (C=O) groups is 2. The van der Waals surface area contributed by atoms with E-state index < -0.39 is 11.7 Å². The first-order chi connectivity index (χ1) is 12.7. The van der Waals surface area contributed by atoms with Crippen molar-refractivity contribution in [2.45, 2.75) is 46.1 Å². The maximum absolute atomic E-state index is 12.0. The van der Waals surface area contributed by atoms with Crippen LogP contribution in [0.1, 0.15) is 50.9 Å². The molecule has 1 aromatic rings. The molecule has 1 aromatic carbocycles. The van der Waals surface area contributed by atoms with Gasteiger partial charge in [0.25, 0.3) is 0 Å². The molecule has 7 nitrogen and oxygen atoms in total. The number of amides is 1. The fourth-order valence-electron chi connectivity index (χ4n) is 1.95. The van der Waals surface area contributed by atoms with Gasteiger partial charge in [0.1, 0.15) is 5.60 Å². The van der Waals surface area contributed by atoms with Crippen LogP contribution in [0.15, 0.2) is 24.3 Å². The highest BCUT2D eigenvalue weighted by atomic mass is 32.1. The molecule has 0 fully saturated rings. The molecule has 0 atom stereocenters. The van der Waals surface area contributed by atoms with Crippen LogP contribution in [0, 0.1) is 0 Å². The predicted molar refractivity (Wildman–Crippen MR) is 110 cm³/mol. The molecule has 1 amide bonds. The summed E-state index contributed by atoms with van der Waals surface area (Å²) in [4.78, 5) is 23.5. The molecule has 150 valence electrons. The fraction of sp³-hybridized carbons (Fsp3) is 0.526. The van der Waals surface area contributed by atoms with Crippen molar-refractivity contribution in [1.29, 1.82) is 0 Å². The van der Waals surface area contributed by atoms with Gasteiger partial charge in [0.05, 0.1) is 12.2 Å². The molecule has 0 aliphatic rings. The molecular weight excluding hydrogens is 366 g/mol. The summed E-state index contributed by atoms with van der Waals surface area (Å²) in [6, 6.07) is 6.93. The first-order valence-corrected chi connectivity index (χ1v) is 9.41. The van der Waals surface area contributed by atoms with Crippen molar-refractivity contribution in [2.75, 3.05) is 25.0 Å². The van der Waals surface area contributed by atoms with E-state index in [4.69, 9.17) is 21.7 Å². The Kier molecular flexibility index (Phi) is 9.56. The van der Waals surface area contributed by atoms with E-state index in [-0.39, 0.29) is 5.97 Å². The average Bonchev–Trinajstić information content (AvgIpc) is 2.57. The van der Waals surface area contributed by atoms with E-state index in [2.05, 4.69) is 16.0 Å². The lowest BCUT2D eigenvalue weighted by atomic mass is 10.2. The summed E-state index contributed by atoms with van der Waals surface area (Å²) in [5, 5.41) is 8.99. The Balaban J connectivity index is 2.37. The van der Waals surface area contributed by atoms with Crippen LogP contribution in [-0.2, 0) is 9.47 Å². The van der Waals surface area contributed by atoms with Gasteiger partial charge in [0.15, 0.2) is 5.11 Å². The highest BCUT2D eigenvalue weighted by Gasteiger charge is 2.15. The van der Waals surface area contributed by atoms with Crippen LogP contribution in [0.4, 0.5) is 10.5 Å². The second kappa shape index (κ2) is 11.4. The molecule has 0 unspecified atom stereocenters. The van der Waals surface area contributed by atoms with Crippen molar-refractivity contribution in [2.24, 2.45) is 0 Å². The number of benzene rings is 1. The highest BCUT2D eigenvalue weighted by molar-refractivity contribution is 7.80. The van der Waals surface area contributed by atoms with Gasteiger partial charge in [-0.05, 0) is 57.6 Å². The van der Waals surface area contributed by atoms with Crippen LogP contribution in [0.3, 0.4) is 0 Å². The summed E-state index contributed by atoms with van der Waals surface area (Å²) >= 11 is 5.22. The van der Waals surface area contributed by atoms with E-state index in [0.717, 1.165) is 12.8 Å². The number of ether oxygens (including phenoxy) is 2. The third-order valence-electron chi connectivity index (χ3n) is 3.17. The van der Waals surface area contributed by atoms with Gasteiger partial charge >= 0.3 is 12.1 Å². The summed E-state index contributed by atoms with van der Waals surface area (Å²) in [6.07, 6.45) is 1.34. The second-order valence-electron chi connectivity index (χ2n) is 6.88. The summed E-state index contributed by atoms with van der Waals surface area (Å²) in [6.45, 7) is 8.66. The molecule has 0 saturated carbocycles. The number of hydrogen-bond donors (Lipinski definition) is 3. The van der Waals surface area contributed by atoms with Gasteiger partial charge in [-0.25, -0.2) is 9.59 Å². The number of anilines is 1. The Morgan fingerprint density at radius 1 is 1.15 bits per heavy atom. The lowest BCUT2D eigenvalue weighted by molar-refractivity contribution is 0.0496. The molecular formula is C19H29N3O4S. The zero-order valence-corrected chi connectivity index (χ0v) is 17.2. The van der Waals surface area contributed by atoms with E-state index in [1.165, 1.54) is 0 Å². The molecule has 0 aromatic heterocycles. The number of thiocarbonyl (C=S) groups is 1. The van der Waals surface area contributed by atoms with E-state index in [1.807, 2.05) is 6.92 Å². The van der Waals surface area contributed by atoms with E-state index in [0.29, 0.717) is 36.1 Å². The first-order valence-electron chi connectivity index (χ1n) is 9.00. The minimum atomic E-state index is -0.531. The van der Waals surface area contributed by atoms with Crippen molar-refractivity contribution >= 4 is 35.1 Å². The van der Waals surface area contributed by atoms with Crippen LogP contribution in [0.25, 0.3) is 0 Å². The number of carbonyl (C=O) groups excluding carboxylic acids is 2. The van der Waals surface area contributed by atoms with E-state index >= 15 is 0 Å². The smallest absolute Gasteiger partial charge is 0.407 e. The summed E-state index contributed by atoms with van der Waals surface area (Å²) in [7, 11) is 0. The van der Waals surface area contributed by atoms with Crippen molar-refractivity contribution in [3.05, 3.63) is 29.8 Å². The first kappa shape index (κ1) is 22.7. The maximum Gasteiger partial charge on any atom is 0.407 e. The Bertz CT molecular complexity index is 644. The summed E-state index contributed by atoms with van der Waals surface area (Å²) < 4.78 is 10.3. The molecule has 0 aliphatic heterocycles. The quantitative estimate of drug-likeness (QED) is 0.353. The monoisotopic (exact) mass is 395 g/mol. The summed E-state index contributed by atoms with van der Waals surface area (Å²) in [5.74, 6) is -0.354. The molecule has 8 heteroatoms. The van der Waals surface area contributed by atoms with Gasteiger partial charge in [0.2, 0.25) is 0 Å². The molecule has 0 bridgehead atoms. The minimum absolute atomic E-state index is 0.354. The summed E-state index contributed by atoms with van der Waals surface area (Å²) in [5.41, 5.74) is 0.611. The van der Waals surface area contributed by atoms with E-state index in [1.54, 1.807) is 45.0 Å². The SMILES string of the molecule is CCCCOC(=O)c1cccc(NC(=S)NCCNC(=O)OC(C)(C)C)c1. The lowest BCUT2D eigenvalue weighted by Gasteiger charge is -2.19. The van der Waals surface area contributed by atoms with Gasteiger partial charge in [-0.3, -0.25) is 0 Å².